The lowest BCUT2D eigenvalue weighted by Crippen LogP contribution is -2.29. The van der Waals surface area contributed by atoms with E-state index in [1.165, 1.54) is 0 Å². The van der Waals surface area contributed by atoms with Crippen molar-refractivity contribution in [3.05, 3.63) is 0 Å². The molecule has 0 radical (unpaired) electrons. The maximum atomic E-state index is 10.7. The van der Waals surface area contributed by atoms with Gasteiger partial charge in [0.1, 0.15) is 0 Å². The molecule has 0 aromatic rings. The van der Waals surface area contributed by atoms with Crippen molar-refractivity contribution in [3.63, 3.8) is 0 Å². The van der Waals surface area contributed by atoms with Crippen LogP contribution >= 0.6 is 0 Å². The van der Waals surface area contributed by atoms with Gasteiger partial charge in [-0.2, -0.15) is 0 Å². The molecular formula is C9H20N2O4. The number of ether oxygens (including phenoxy) is 3. The smallest absolute Gasteiger partial charge is 0.233 e. The van der Waals surface area contributed by atoms with Gasteiger partial charge in [0, 0.05) is 20.1 Å². The predicted molar refractivity (Wildman–Crippen MR) is 55.1 cm³/mol. The zero-order valence-corrected chi connectivity index (χ0v) is 9.16. The van der Waals surface area contributed by atoms with Gasteiger partial charge in [0.15, 0.2) is 0 Å². The molecule has 0 bridgehead atoms. The third kappa shape index (κ3) is 11.2. The average Bonchev–Trinajstić information content (AvgIpc) is 2.26. The lowest BCUT2D eigenvalue weighted by Gasteiger charge is -2.05. The SMILES string of the molecule is COCCOCCOCCCC(=O)NN. The fourth-order valence-electron chi connectivity index (χ4n) is 0.871. The average molecular weight is 220 g/mol. The van der Waals surface area contributed by atoms with E-state index in [0.717, 1.165) is 0 Å². The Labute approximate surface area is 90.0 Å². The molecule has 3 N–H and O–H groups in total. The summed E-state index contributed by atoms with van der Waals surface area (Å²) in [6.45, 7) is 2.80. The number of carbonyl (C=O) groups is 1. The fraction of sp³-hybridized carbons (Fsp3) is 0.889. The van der Waals surface area contributed by atoms with Gasteiger partial charge in [-0.3, -0.25) is 10.2 Å². The number of methoxy groups -OCH3 is 1. The molecule has 0 rings (SSSR count). The molecular weight excluding hydrogens is 200 g/mol. The Balaban J connectivity index is 2.95. The van der Waals surface area contributed by atoms with Gasteiger partial charge in [-0.1, -0.05) is 0 Å². The Kier molecular flexibility index (Phi) is 10.9. The van der Waals surface area contributed by atoms with Gasteiger partial charge in [-0.15, -0.1) is 0 Å². The summed E-state index contributed by atoms with van der Waals surface area (Å²) in [4.78, 5) is 10.7. The highest BCUT2D eigenvalue weighted by molar-refractivity contribution is 5.75. The van der Waals surface area contributed by atoms with Crippen LogP contribution in [0.2, 0.25) is 0 Å². The van der Waals surface area contributed by atoms with Crippen LogP contribution in [0.3, 0.4) is 0 Å². The first kappa shape index (κ1) is 14.3. The molecule has 0 saturated heterocycles. The van der Waals surface area contributed by atoms with Crippen molar-refractivity contribution in [2.75, 3.05) is 40.1 Å². The molecule has 1 amide bonds. The standard InChI is InChI=1S/C9H20N2O4/c1-13-5-6-15-8-7-14-4-2-3-9(12)11-10/h2-8,10H2,1H3,(H,11,12). The summed E-state index contributed by atoms with van der Waals surface area (Å²) in [5.74, 6) is 4.74. The Morgan fingerprint density at radius 1 is 1.13 bits per heavy atom. The number of nitrogens with one attached hydrogen (secondary N) is 1. The lowest BCUT2D eigenvalue weighted by molar-refractivity contribution is -0.121. The van der Waals surface area contributed by atoms with Crippen LogP contribution in [-0.4, -0.2) is 46.1 Å². The minimum atomic E-state index is -0.171. The van der Waals surface area contributed by atoms with E-state index >= 15 is 0 Å². The number of amides is 1. The van der Waals surface area contributed by atoms with Crippen molar-refractivity contribution in [3.8, 4) is 0 Å². The first-order chi connectivity index (χ1) is 7.31. The van der Waals surface area contributed by atoms with Crippen LogP contribution in [0.1, 0.15) is 12.8 Å². The second-order valence-corrected chi connectivity index (χ2v) is 2.89. The highest BCUT2D eigenvalue weighted by Gasteiger charge is 1.97. The summed E-state index contributed by atoms with van der Waals surface area (Å²) in [5.41, 5.74) is 2.06. The summed E-state index contributed by atoms with van der Waals surface area (Å²) in [6.07, 6.45) is 1.06. The first-order valence-electron chi connectivity index (χ1n) is 4.95. The minimum Gasteiger partial charge on any atom is -0.382 e. The lowest BCUT2D eigenvalue weighted by atomic mass is 10.3. The first-order valence-corrected chi connectivity index (χ1v) is 4.95. The predicted octanol–water partition coefficient (Wildman–Crippen LogP) is -0.564. The zero-order chi connectivity index (χ0) is 11.4. The highest BCUT2D eigenvalue weighted by atomic mass is 16.5. The molecule has 6 heteroatoms. The van der Waals surface area contributed by atoms with Crippen LogP contribution < -0.4 is 11.3 Å². The molecule has 0 aromatic heterocycles. The van der Waals surface area contributed by atoms with E-state index in [9.17, 15) is 4.79 Å². The van der Waals surface area contributed by atoms with E-state index < -0.39 is 0 Å². The summed E-state index contributed by atoms with van der Waals surface area (Å²) >= 11 is 0. The van der Waals surface area contributed by atoms with Gasteiger partial charge in [0.2, 0.25) is 5.91 Å². The van der Waals surface area contributed by atoms with E-state index in [0.29, 0.717) is 45.9 Å². The van der Waals surface area contributed by atoms with Crippen LogP contribution in [0.5, 0.6) is 0 Å². The summed E-state index contributed by atoms with van der Waals surface area (Å²) < 4.78 is 15.2. The molecule has 0 aromatic carbocycles. The number of hydrogen-bond donors (Lipinski definition) is 2. The summed E-state index contributed by atoms with van der Waals surface area (Å²) in [7, 11) is 1.63. The van der Waals surface area contributed by atoms with Gasteiger partial charge in [0.05, 0.1) is 26.4 Å². The Hall–Kier alpha value is -0.690. The Morgan fingerprint density at radius 2 is 1.73 bits per heavy atom. The van der Waals surface area contributed by atoms with Crippen LogP contribution in [0.25, 0.3) is 0 Å². The maximum absolute atomic E-state index is 10.7. The molecule has 0 fully saturated rings. The summed E-state index contributed by atoms with van der Waals surface area (Å²) in [6, 6.07) is 0. The highest BCUT2D eigenvalue weighted by Crippen LogP contribution is 1.89. The van der Waals surface area contributed by atoms with Crippen LogP contribution in [0.4, 0.5) is 0 Å². The topological polar surface area (TPSA) is 82.8 Å². The number of hydrazine groups is 1. The third-order valence-electron chi connectivity index (χ3n) is 1.66. The van der Waals surface area contributed by atoms with Crippen molar-refractivity contribution < 1.29 is 19.0 Å². The molecule has 0 aliphatic rings. The van der Waals surface area contributed by atoms with Gasteiger partial charge in [0.25, 0.3) is 0 Å². The summed E-state index contributed by atoms with van der Waals surface area (Å²) in [5, 5.41) is 0. The molecule has 6 nitrogen and oxygen atoms in total. The van der Waals surface area contributed by atoms with Crippen molar-refractivity contribution in [1.82, 2.24) is 5.43 Å². The van der Waals surface area contributed by atoms with E-state index in [1.54, 1.807) is 7.11 Å². The van der Waals surface area contributed by atoms with Crippen molar-refractivity contribution in [2.24, 2.45) is 5.84 Å². The molecule has 0 atom stereocenters. The van der Waals surface area contributed by atoms with Gasteiger partial charge < -0.3 is 14.2 Å². The van der Waals surface area contributed by atoms with Crippen molar-refractivity contribution in [1.29, 1.82) is 0 Å². The number of carbonyl (C=O) groups excluding carboxylic acids is 1. The third-order valence-corrected chi connectivity index (χ3v) is 1.66. The monoisotopic (exact) mass is 220 g/mol. The van der Waals surface area contributed by atoms with Crippen LogP contribution in [0, 0.1) is 0 Å². The molecule has 0 unspecified atom stereocenters. The second kappa shape index (κ2) is 11.4. The van der Waals surface area contributed by atoms with Gasteiger partial charge in [-0.05, 0) is 6.42 Å². The van der Waals surface area contributed by atoms with E-state index in [4.69, 9.17) is 20.1 Å². The Morgan fingerprint density at radius 3 is 2.33 bits per heavy atom. The Bertz CT molecular complexity index is 155. The van der Waals surface area contributed by atoms with E-state index in [1.807, 2.05) is 0 Å². The molecule has 0 aliphatic heterocycles. The number of rotatable bonds is 10. The number of hydrogen-bond acceptors (Lipinski definition) is 5. The van der Waals surface area contributed by atoms with Crippen LogP contribution in [0.15, 0.2) is 0 Å². The van der Waals surface area contributed by atoms with Crippen molar-refractivity contribution in [2.45, 2.75) is 12.8 Å². The fourth-order valence-corrected chi connectivity index (χ4v) is 0.871. The largest absolute Gasteiger partial charge is 0.382 e. The maximum Gasteiger partial charge on any atom is 0.233 e. The minimum absolute atomic E-state index is 0.171. The zero-order valence-electron chi connectivity index (χ0n) is 9.16. The molecule has 15 heavy (non-hydrogen) atoms. The van der Waals surface area contributed by atoms with Gasteiger partial charge >= 0.3 is 0 Å². The van der Waals surface area contributed by atoms with E-state index in [-0.39, 0.29) is 5.91 Å². The number of nitrogens with two attached hydrogens (primary N) is 1. The normalized spacial score (nSPS) is 10.3. The molecule has 0 heterocycles. The molecule has 0 spiro atoms. The van der Waals surface area contributed by atoms with E-state index in [2.05, 4.69) is 5.43 Å². The second-order valence-electron chi connectivity index (χ2n) is 2.89. The molecule has 90 valence electrons. The van der Waals surface area contributed by atoms with Crippen molar-refractivity contribution >= 4 is 5.91 Å². The molecule has 0 saturated carbocycles. The molecule has 0 aliphatic carbocycles. The quantitative estimate of drug-likeness (QED) is 0.223. The van der Waals surface area contributed by atoms with Gasteiger partial charge in [-0.25, -0.2) is 5.84 Å². The van der Waals surface area contributed by atoms with Crippen LogP contribution in [-0.2, 0) is 19.0 Å².